The Labute approximate surface area is 108 Å². The van der Waals surface area contributed by atoms with Crippen molar-refractivity contribution < 1.29 is 5.11 Å². The van der Waals surface area contributed by atoms with Crippen molar-refractivity contribution in [1.29, 1.82) is 0 Å². The molecule has 1 unspecified atom stereocenters. The predicted octanol–water partition coefficient (Wildman–Crippen LogP) is 1.53. The average Bonchev–Trinajstić information content (AvgIpc) is 2.29. The highest BCUT2D eigenvalue weighted by molar-refractivity contribution is 7.80. The highest BCUT2D eigenvalue weighted by Gasteiger charge is 2.09. The van der Waals surface area contributed by atoms with Crippen molar-refractivity contribution >= 4 is 17.2 Å². The van der Waals surface area contributed by atoms with Gasteiger partial charge in [0.15, 0.2) is 0 Å². The van der Waals surface area contributed by atoms with Crippen molar-refractivity contribution in [3.8, 4) is 0 Å². The zero-order valence-corrected chi connectivity index (χ0v) is 11.2. The summed E-state index contributed by atoms with van der Waals surface area (Å²) >= 11 is 4.96. The number of hydrogen-bond acceptors (Lipinski definition) is 3. The van der Waals surface area contributed by atoms with Gasteiger partial charge in [-0.1, -0.05) is 43.4 Å². The molecular formula is C13H20N2OS. The molecule has 0 aliphatic heterocycles. The monoisotopic (exact) mass is 252 g/mol. The third-order valence-corrected chi connectivity index (χ3v) is 3.13. The molecule has 3 nitrogen and oxygen atoms in total. The van der Waals surface area contributed by atoms with E-state index in [0.29, 0.717) is 4.99 Å². The zero-order valence-electron chi connectivity index (χ0n) is 10.4. The maximum atomic E-state index is 8.95. The van der Waals surface area contributed by atoms with Crippen LogP contribution in [0.15, 0.2) is 24.3 Å². The van der Waals surface area contributed by atoms with Crippen LogP contribution in [0.3, 0.4) is 0 Å². The Morgan fingerprint density at radius 2 is 1.88 bits per heavy atom. The van der Waals surface area contributed by atoms with E-state index in [9.17, 15) is 0 Å². The van der Waals surface area contributed by atoms with Gasteiger partial charge in [0.25, 0.3) is 0 Å². The highest BCUT2D eigenvalue weighted by atomic mass is 32.1. The van der Waals surface area contributed by atoms with Gasteiger partial charge in [-0.3, -0.25) is 0 Å². The topological polar surface area (TPSA) is 49.5 Å². The van der Waals surface area contributed by atoms with Crippen molar-refractivity contribution in [2.75, 3.05) is 13.6 Å². The van der Waals surface area contributed by atoms with Crippen LogP contribution >= 0.6 is 12.2 Å². The third-order valence-electron chi connectivity index (χ3n) is 2.73. The summed E-state index contributed by atoms with van der Waals surface area (Å²) < 4.78 is 0. The van der Waals surface area contributed by atoms with Gasteiger partial charge in [0, 0.05) is 19.0 Å². The fourth-order valence-electron chi connectivity index (χ4n) is 1.68. The molecule has 0 saturated carbocycles. The van der Waals surface area contributed by atoms with Crippen LogP contribution in [-0.4, -0.2) is 28.6 Å². The summed E-state index contributed by atoms with van der Waals surface area (Å²) in [6, 6.07) is 7.96. The molecule has 3 N–H and O–H groups in total. The van der Waals surface area contributed by atoms with Gasteiger partial charge in [0.1, 0.15) is 0 Å². The van der Waals surface area contributed by atoms with Crippen molar-refractivity contribution in [3.05, 3.63) is 35.4 Å². The second-order valence-electron chi connectivity index (χ2n) is 4.47. The lowest BCUT2D eigenvalue weighted by molar-refractivity contribution is 0.281. The van der Waals surface area contributed by atoms with Gasteiger partial charge >= 0.3 is 0 Å². The largest absolute Gasteiger partial charge is 0.393 e. The van der Waals surface area contributed by atoms with E-state index in [1.165, 1.54) is 5.56 Å². The Morgan fingerprint density at radius 1 is 1.35 bits per heavy atom. The van der Waals surface area contributed by atoms with Gasteiger partial charge in [-0.05, 0) is 18.2 Å². The normalized spacial score (nSPS) is 12.7. The molecule has 0 aliphatic rings. The molecule has 17 heavy (non-hydrogen) atoms. The number of thiocarbonyl (C=S) groups is 1. The summed E-state index contributed by atoms with van der Waals surface area (Å²) in [5.74, 6) is 0.228. The SMILES string of the molecule is CC(CN(C)Cc1ccc(CO)cc1)C(N)=S. The number of nitrogens with zero attached hydrogens (tertiary/aromatic N) is 1. The fourth-order valence-corrected chi connectivity index (χ4v) is 1.76. The first-order valence-corrected chi connectivity index (χ1v) is 6.10. The molecule has 0 heterocycles. The van der Waals surface area contributed by atoms with Crippen LogP contribution in [0.5, 0.6) is 0 Å². The van der Waals surface area contributed by atoms with E-state index in [4.69, 9.17) is 23.1 Å². The molecule has 0 aliphatic carbocycles. The number of nitrogens with two attached hydrogens (primary N) is 1. The van der Waals surface area contributed by atoms with E-state index < -0.39 is 0 Å². The van der Waals surface area contributed by atoms with E-state index in [0.717, 1.165) is 18.7 Å². The van der Waals surface area contributed by atoms with Gasteiger partial charge in [0.05, 0.1) is 11.6 Å². The number of rotatable bonds is 6. The Morgan fingerprint density at radius 3 is 2.35 bits per heavy atom. The zero-order chi connectivity index (χ0) is 12.8. The van der Waals surface area contributed by atoms with E-state index >= 15 is 0 Å². The molecule has 4 heteroatoms. The number of hydrogen-bond donors (Lipinski definition) is 2. The van der Waals surface area contributed by atoms with E-state index in [2.05, 4.69) is 11.9 Å². The lowest BCUT2D eigenvalue weighted by Crippen LogP contribution is -2.31. The smallest absolute Gasteiger partial charge is 0.0768 e. The molecule has 1 aromatic rings. The van der Waals surface area contributed by atoms with Crippen molar-refractivity contribution in [2.45, 2.75) is 20.1 Å². The molecule has 94 valence electrons. The molecule has 0 spiro atoms. The predicted molar refractivity (Wildman–Crippen MR) is 74.6 cm³/mol. The van der Waals surface area contributed by atoms with Gasteiger partial charge in [-0.2, -0.15) is 0 Å². The first-order valence-electron chi connectivity index (χ1n) is 5.69. The first kappa shape index (κ1) is 14.1. The Balaban J connectivity index is 2.49. The van der Waals surface area contributed by atoms with Crippen LogP contribution in [0.2, 0.25) is 0 Å². The standard InChI is InChI=1S/C13H20N2OS/c1-10(13(14)17)7-15(2)8-11-3-5-12(9-16)6-4-11/h3-6,10,16H,7-9H2,1-2H3,(H2,14,17). The quantitative estimate of drug-likeness (QED) is 0.754. The van der Waals surface area contributed by atoms with E-state index in [1.54, 1.807) is 0 Å². The van der Waals surface area contributed by atoms with Crippen LogP contribution in [0.4, 0.5) is 0 Å². The first-order chi connectivity index (χ1) is 8.02. The summed E-state index contributed by atoms with van der Waals surface area (Å²) in [4.78, 5) is 2.75. The highest BCUT2D eigenvalue weighted by Crippen LogP contribution is 2.08. The summed E-state index contributed by atoms with van der Waals surface area (Å²) in [5, 5.41) is 8.95. The van der Waals surface area contributed by atoms with Crippen LogP contribution < -0.4 is 5.73 Å². The summed E-state index contributed by atoms with van der Waals surface area (Å²) in [7, 11) is 2.05. The summed E-state index contributed by atoms with van der Waals surface area (Å²) in [6.07, 6.45) is 0. The van der Waals surface area contributed by atoms with Crippen molar-refractivity contribution in [1.82, 2.24) is 4.90 Å². The second kappa shape index (κ2) is 6.69. The van der Waals surface area contributed by atoms with Crippen LogP contribution in [0.25, 0.3) is 0 Å². The number of aliphatic hydroxyl groups is 1. The lowest BCUT2D eigenvalue weighted by Gasteiger charge is -2.20. The van der Waals surface area contributed by atoms with Crippen LogP contribution in [0, 0.1) is 5.92 Å². The molecule has 0 fully saturated rings. The molecule has 0 saturated heterocycles. The second-order valence-corrected chi connectivity index (χ2v) is 4.95. The van der Waals surface area contributed by atoms with Gasteiger partial charge in [-0.15, -0.1) is 0 Å². The van der Waals surface area contributed by atoms with Crippen LogP contribution in [0.1, 0.15) is 18.1 Å². The van der Waals surface area contributed by atoms with Crippen molar-refractivity contribution in [3.63, 3.8) is 0 Å². The molecule has 0 radical (unpaired) electrons. The maximum absolute atomic E-state index is 8.95. The molecule has 1 rings (SSSR count). The van der Waals surface area contributed by atoms with E-state index in [1.807, 2.05) is 31.2 Å². The molecular weight excluding hydrogens is 232 g/mol. The molecule has 0 amide bonds. The number of aliphatic hydroxyl groups excluding tert-OH is 1. The van der Waals surface area contributed by atoms with Crippen molar-refractivity contribution in [2.24, 2.45) is 11.7 Å². The minimum atomic E-state index is 0.0919. The van der Waals surface area contributed by atoms with Crippen LogP contribution in [-0.2, 0) is 13.2 Å². The fraction of sp³-hybridized carbons (Fsp3) is 0.462. The molecule has 1 aromatic carbocycles. The number of benzene rings is 1. The average molecular weight is 252 g/mol. The minimum absolute atomic E-state index is 0.0919. The van der Waals surface area contributed by atoms with E-state index in [-0.39, 0.29) is 12.5 Å². The molecule has 0 bridgehead atoms. The van der Waals surface area contributed by atoms with Gasteiger partial charge in [0.2, 0.25) is 0 Å². The molecule has 0 aromatic heterocycles. The minimum Gasteiger partial charge on any atom is -0.393 e. The Kier molecular flexibility index (Phi) is 5.55. The Bertz CT molecular complexity index is 364. The Hall–Kier alpha value is -0.970. The van der Waals surface area contributed by atoms with Gasteiger partial charge in [-0.25, -0.2) is 0 Å². The molecule has 1 atom stereocenters. The van der Waals surface area contributed by atoms with Gasteiger partial charge < -0.3 is 15.7 Å². The lowest BCUT2D eigenvalue weighted by atomic mass is 10.1. The summed E-state index contributed by atoms with van der Waals surface area (Å²) in [5.41, 5.74) is 7.75. The third kappa shape index (κ3) is 4.81. The maximum Gasteiger partial charge on any atom is 0.0768 e. The summed E-state index contributed by atoms with van der Waals surface area (Å²) in [6.45, 7) is 3.85.